The van der Waals surface area contributed by atoms with Crippen LogP contribution in [0.5, 0.6) is 5.75 Å². The molecule has 0 amide bonds. The Morgan fingerprint density at radius 3 is 1.20 bits per heavy atom. The number of aryl methyl sites for hydroxylation is 12. The highest BCUT2D eigenvalue weighted by molar-refractivity contribution is 7.00. The first-order valence-corrected chi connectivity index (χ1v) is 49.5. The fourth-order valence-electron chi connectivity index (χ4n) is 19.4. The minimum Gasteiger partial charge on any atom is -0.492 e. The maximum atomic E-state index is 15.1. The van der Waals surface area contributed by atoms with Crippen LogP contribution in [0, 0.1) is 99.4 Å². The highest BCUT2D eigenvalue weighted by Gasteiger charge is 2.35. The summed E-state index contributed by atoms with van der Waals surface area (Å²) < 4.78 is 98.6. The van der Waals surface area contributed by atoms with Gasteiger partial charge in [0, 0.05) is 78.7 Å². The number of fused-ring (bicyclic) bond motifs is 25. The molecule has 0 saturated heterocycles. The van der Waals surface area contributed by atoms with E-state index in [1.165, 1.54) is 77.0 Å². The van der Waals surface area contributed by atoms with E-state index in [1.54, 1.807) is 32.5 Å². The summed E-state index contributed by atoms with van der Waals surface area (Å²) in [6, 6.07) is 4.20. The monoisotopic (exact) mass is 1900 g/mol. The summed E-state index contributed by atoms with van der Waals surface area (Å²) in [5.74, 6) is -1.33. The van der Waals surface area contributed by atoms with Crippen molar-refractivity contribution in [3.63, 3.8) is 0 Å². The molecule has 0 spiro atoms. The third-order valence-electron chi connectivity index (χ3n) is 26.9. The molecular weight excluding hydrogens is 1780 g/mol. The van der Waals surface area contributed by atoms with Gasteiger partial charge in [-0.15, -0.1) is 0 Å². The molecule has 10 aromatic carbocycles. The molecule has 0 N–H and O–H groups in total. The van der Waals surface area contributed by atoms with Gasteiger partial charge >= 0.3 is 0 Å². The highest BCUT2D eigenvalue weighted by Crippen LogP contribution is 2.45. The van der Waals surface area contributed by atoms with Gasteiger partial charge in [0.25, 0.3) is 0 Å². The topological polar surface area (TPSA) is 375 Å². The number of halogens is 4. The maximum absolute atomic E-state index is 15.1. The van der Waals surface area contributed by atoms with Gasteiger partial charge in [-0.05, 0) is 233 Å². The lowest BCUT2D eigenvalue weighted by molar-refractivity contribution is 0.0970. The summed E-state index contributed by atoms with van der Waals surface area (Å²) >= 11 is 0.920. The predicted octanol–water partition coefficient (Wildman–Crippen LogP) is 24.3. The molecule has 0 saturated carbocycles. The van der Waals surface area contributed by atoms with Crippen molar-refractivity contribution in [2.24, 2.45) is 20.0 Å². The van der Waals surface area contributed by atoms with E-state index in [4.69, 9.17) is 53.4 Å². The lowest BCUT2D eigenvalue weighted by Gasteiger charge is -2.15. The molecular formula is C103H120F4N22O8S. The molecule has 0 aliphatic carbocycles. The molecule has 35 heteroatoms. The number of carbonyl (C=O) groups excluding carboxylic acids is 2. The molecule has 0 atom stereocenters. The number of benzene rings is 10. The number of ketones is 2. The number of unbranched alkanes of at least 4 members (excludes halogenated alkanes) is 19. The Labute approximate surface area is 797 Å². The van der Waals surface area contributed by atoms with E-state index in [1.807, 2.05) is 60.2 Å². The SMILES string of the molecule is CCCCCCC(=O)c1c(C)c2nonc2c2c(C(=O)CCCCCC)c(C)c3c(c12)=NC(C)(C)N=3.CCCCCCCCn1nc2c(C)c(C)c3c4nonc4c(C)c(OCCCCCC)c3c2n1.CCCCCCCCn1nc2c(C)c(F)c3c4nonc4c(C)c(F)c3c2n1.Cc1c(F)c2c3nonc3c(C)c(F)c2c2nsnc12.Cc1cc2c(cc(C)c3nonc32)c2c1=NC(C)(C)N=2. The Morgan fingerprint density at radius 2 is 0.674 bits per heavy atom. The number of Topliss-reactive ketones (excluding diaryl/α,β-unsaturated/α-hetero) is 2. The highest BCUT2D eigenvalue weighted by atomic mass is 32.1. The van der Waals surface area contributed by atoms with Crippen molar-refractivity contribution < 1.29 is 55.0 Å². The Bertz CT molecular complexity index is 7940. The van der Waals surface area contributed by atoms with Gasteiger partial charge in [-0.3, -0.25) is 29.6 Å². The third kappa shape index (κ3) is 18.6. The van der Waals surface area contributed by atoms with E-state index in [2.05, 4.69) is 143 Å². The summed E-state index contributed by atoms with van der Waals surface area (Å²) in [7, 11) is 0. The zero-order valence-corrected chi connectivity index (χ0v) is 83.5. The van der Waals surface area contributed by atoms with E-state index >= 15 is 8.78 Å². The van der Waals surface area contributed by atoms with Gasteiger partial charge in [0.05, 0.1) is 79.8 Å². The maximum Gasteiger partial charge on any atom is 0.163 e. The standard InChI is InChI=1S/C29H38N4O3.C27H39N5O2.C20H23F2N5O.C15H14N4O.C12H6F2N4OS/c1-7-9-11-13-15-19(34)21-17(3)25-27(31-29(5,6)30-25)23-22(20(35)16-14-12-10-8-2)18(4)26-28(24(21)23)33-36-32-26;1-6-8-10-12-13-14-16-32-28-23-19(4)18(3)21-22(25(23)29-32)27(33-17-15-11-9-7-2)20(5)24-26(21)31-34-30-24;1-4-5-6-7-8-9-10-27-23-17-11(2)15(21)14-13(19(17)24-27)16(22)12(3)18-20(14)26-28-25-18;1-7-5-10-9(13-11(7)16-15(3,4)17-13)6-8(2)12-14(10)19-20-18-12;1-3-7(13)6-5(11-9(3)15-19-16-11)8(14)4(2)10-12(6)18-20-17-10/h7-16H2,1-6H3;6-17H2,1-5H3;4-10H2,1-3H3;5-6H,1-4H3;1-2H3. The second-order valence-corrected chi connectivity index (χ2v) is 38.5. The fraction of sp³-hybridized carbons (Fsp3) is 0.495. The van der Waals surface area contributed by atoms with Crippen LogP contribution in [-0.4, -0.2) is 120 Å². The molecule has 0 unspecified atom stereocenters. The summed E-state index contributed by atoms with van der Waals surface area (Å²) in [5, 5.41) is 67.6. The van der Waals surface area contributed by atoms with Gasteiger partial charge in [0.1, 0.15) is 129 Å². The fourth-order valence-corrected chi connectivity index (χ4v) is 20.0. The number of ether oxygens (including phenoxy) is 1. The second-order valence-electron chi connectivity index (χ2n) is 37.9. The first-order chi connectivity index (χ1) is 66.4. The molecule has 30 nitrogen and oxygen atoms in total. The Morgan fingerprint density at radius 1 is 0.312 bits per heavy atom. The van der Waals surface area contributed by atoms with Gasteiger partial charge in [0.15, 0.2) is 11.6 Å². The van der Waals surface area contributed by atoms with Crippen molar-refractivity contribution in [3.05, 3.63) is 129 Å². The molecule has 138 heavy (non-hydrogen) atoms. The van der Waals surface area contributed by atoms with Crippen LogP contribution in [0.2, 0.25) is 0 Å². The number of rotatable bonds is 32. The average molecular weight is 1900 g/mol. The van der Waals surface area contributed by atoms with Crippen LogP contribution >= 0.6 is 11.7 Å². The first kappa shape index (κ1) is 98.2. The lowest BCUT2D eigenvalue weighted by atomic mass is 9.86. The number of hydrogen-bond acceptors (Lipinski definition) is 29. The minimum atomic E-state index is -0.671. The largest absolute Gasteiger partial charge is 0.492 e. The van der Waals surface area contributed by atoms with E-state index in [9.17, 15) is 18.4 Å². The molecule has 0 bridgehead atoms. The molecule has 10 heterocycles. The van der Waals surface area contributed by atoms with Crippen LogP contribution in [-0.2, 0) is 13.1 Å². The molecule has 0 fully saturated rings. The summed E-state index contributed by atoms with van der Waals surface area (Å²) in [6.07, 6.45) is 28.0. The Kier molecular flexibility index (Phi) is 29.5. The molecule has 8 aromatic heterocycles. The molecule has 0 radical (unpaired) electrons. The number of hydrogen-bond donors (Lipinski definition) is 0. The predicted molar refractivity (Wildman–Crippen MR) is 527 cm³/mol. The quantitative estimate of drug-likeness (QED) is 0.0215. The molecule has 2 aliphatic rings. The molecule has 18 aromatic rings. The van der Waals surface area contributed by atoms with E-state index in [0.29, 0.717) is 103 Å². The Balaban J connectivity index is 0.000000127. The van der Waals surface area contributed by atoms with Crippen molar-refractivity contribution in [3.8, 4) is 5.75 Å². The van der Waals surface area contributed by atoms with Crippen molar-refractivity contribution >= 4 is 165 Å². The number of nitrogens with zero attached hydrogens (tertiary/aromatic N) is 22. The van der Waals surface area contributed by atoms with Gasteiger partial charge in [-0.1, -0.05) is 157 Å². The van der Waals surface area contributed by atoms with Crippen LogP contribution in [0.1, 0.15) is 311 Å². The van der Waals surface area contributed by atoms with E-state index < -0.39 is 34.6 Å². The van der Waals surface area contributed by atoms with Crippen molar-refractivity contribution in [2.45, 2.75) is 330 Å². The van der Waals surface area contributed by atoms with Gasteiger partial charge in [-0.2, -0.15) is 38.7 Å². The van der Waals surface area contributed by atoms with Crippen LogP contribution in [0.3, 0.4) is 0 Å². The molecule has 20 rings (SSSR count). The lowest BCUT2D eigenvalue weighted by Crippen LogP contribution is -2.30. The average Bonchev–Trinajstić information content (AvgIpc) is 1.49. The second kappa shape index (κ2) is 41.5. The van der Waals surface area contributed by atoms with Crippen molar-refractivity contribution in [1.29, 1.82) is 0 Å². The van der Waals surface area contributed by atoms with Gasteiger partial charge < -0.3 is 4.74 Å². The molecule has 724 valence electrons. The zero-order chi connectivity index (χ0) is 98.0. The van der Waals surface area contributed by atoms with Crippen molar-refractivity contribution in [2.75, 3.05) is 6.61 Å². The van der Waals surface area contributed by atoms with E-state index in [-0.39, 0.29) is 66.3 Å². The van der Waals surface area contributed by atoms with Crippen LogP contribution in [0.4, 0.5) is 17.6 Å². The first-order valence-electron chi connectivity index (χ1n) is 48.8. The van der Waals surface area contributed by atoms with Gasteiger partial charge in [-0.25, -0.2) is 40.7 Å². The summed E-state index contributed by atoms with van der Waals surface area (Å²) in [5.41, 5.74) is 16.5. The van der Waals surface area contributed by atoms with Crippen molar-refractivity contribution in [1.82, 2.24) is 90.3 Å². The van der Waals surface area contributed by atoms with Crippen LogP contribution < -0.4 is 26.2 Å². The normalized spacial score (nSPS) is 13.2. The zero-order valence-electron chi connectivity index (χ0n) is 82.7. The summed E-state index contributed by atoms with van der Waals surface area (Å²) in [4.78, 5) is 50.2. The minimum absolute atomic E-state index is 0.0436. The van der Waals surface area contributed by atoms with Gasteiger partial charge in [0.2, 0.25) is 0 Å². The summed E-state index contributed by atoms with van der Waals surface area (Å²) in [6.45, 7) is 41.5. The smallest absolute Gasteiger partial charge is 0.163 e. The third-order valence-corrected chi connectivity index (χ3v) is 27.5. The van der Waals surface area contributed by atoms with Crippen LogP contribution in [0.15, 0.2) is 55.2 Å². The number of carbonyl (C=O) groups is 2. The van der Waals surface area contributed by atoms with Crippen LogP contribution in [0.25, 0.3) is 142 Å². The van der Waals surface area contributed by atoms with E-state index in [0.717, 1.165) is 205 Å². The number of aromatic nitrogens is 18. The molecule has 2 aliphatic heterocycles. The Hall–Kier alpha value is -12.8.